The molecule has 0 radical (unpaired) electrons. The molecule has 5 rings (SSSR count). The molecule has 1 aromatic heterocycles. The molecule has 0 saturated carbocycles. The maximum absolute atomic E-state index is 14.6. The van der Waals surface area contributed by atoms with E-state index < -0.39 is 108 Å². The van der Waals surface area contributed by atoms with E-state index in [-0.39, 0.29) is 37.8 Å². The fraction of sp³-hybridized carbons (Fsp3) is 0.816. The molecule has 0 aliphatic carbocycles. The molecule has 3 aliphatic rings. The molecular weight excluding hydrogens is 930 g/mol. The largest absolute Gasteiger partial charge is 0.459 e. The van der Waals surface area contributed by atoms with Crippen molar-refractivity contribution >= 4 is 21.9 Å². The number of aliphatic hydroxyl groups excluding tert-OH is 4. The highest BCUT2D eigenvalue weighted by Crippen LogP contribution is 2.45. The maximum atomic E-state index is 14.6. The number of methoxy groups -OCH3 is 1. The zero-order chi connectivity index (χ0) is 49.9. The van der Waals surface area contributed by atoms with Crippen LogP contribution < -0.4 is 0 Å². The zero-order valence-corrected chi connectivity index (χ0v) is 43.6. The van der Waals surface area contributed by atoms with Gasteiger partial charge in [0.15, 0.2) is 6.29 Å². The number of halogens is 1. The number of likely N-dealkylation sites (N-methyl/N-ethyl adjacent to an activating group) is 2. The van der Waals surface area contributed by atoms with Gasteiger partial charge in [-0.05, 0) is 104 Å². The molecule has 382 valence electrons. The minimum absolute atomic E-state index is 0.173. The number of carbonyl (C=O) groups excluding carboxylic acids is 1. The molecule has 0 amide bonds. The number of aliphatic hydroxyl groups is 6. The average Bonchev–Trinajstić information content (AvgIpc) is 3.72. The number of hydrogen-bond acceptors (Lipinski definition) is 16. The van der Waals surface area contributed by atoms with Gasteiger partial charge >= 0.3 is 5.97 Å². The van der Waals surface area contributed by atoms with Crippen molar-refractivity contribution in [3.05, 3.63) is 46.2 Å². The van der Waals surface area contributed by atoms with Crippen molar-refractivity contribution in [2.75, 3.05) is 34.3 Å². The SMILES string of the molecule is CC[C@H]1OC(=O)[C@H](C)[C@@H](C2C[C@@](C)(OC)[C@@H](O)[C@H](C)O2)[C@H](C)[C@@H](O[C@@H]2O[C@H](C)C[C@H](N(C)CCc3cn(C[C@@H](O)c4ccc(Br)cc4)nn3)[C@H]2O)[C@](C)(O)C[C@@H](C)CN(C)[C@H](C)[C@@H](O)[C@]1(C)O. The van der Waals surface area contributed by atoms with Crippen LogP contribution in [0.1, 0.15) is 112 Å². The third-order valence-electron chi connectivity index (χ3n) is 15.4. The second-order valence-electron chi connectivity index (χ2n) is 21.0. The van der Waals surface area contributed by atoms with Gasteiger partial charge < -0.3 is 64.1 Å². The monoisotopic (exact) mass is 1010 g/mol. The Morgan fingerprint density at radius 3 is 2.28 bits per heavy atom. The summed E-state index contributed by atoms with van der Waals surface area (Å²) in [6.45, 7) is 19.1. The van der Waals surface area contributed by atoms with Gasteiger partial charge in [0.05, 0.1) is 59.9 Å². The van der Waals surface area contributed by atoms with Crippen LogP contribution in [0.4, 0.5) is 0 Å². The summed E-state index contributed by atoms with van der Waals surface area (Å²) in [6.07, 6.45) is -5.81. The molecule has 0 bridgehead atoms. The van der Waals surface area contributed by atoms with E-state index in [1.54, 1.807) is 39.3 Å². The van der Waals surface area contributed by atoms with Crippen LogP contribution in [0.5, 0.6) is 0 Å². The summed E-state index contributed by atoms with van der Waals surface area (Å²) in [5, 5.41) is 79.4. The van der Waals surface area contributed by atoms with E-state index >= 15 is 0 Å². The first-order valence-electron chi connectivity index (χ1n) is 24.2. The lowest BCUT2D eigenvalue weighted by Crippen LogP contribution is -2.62. The Kier molecular flexibility index (Phi) is 19.1. The maximum Gasteiger partial charge on any atom is 0.309 e. The number of ether oxygens (including phenoxy) is 5. The van der Waals surface area contributed by atoms with Gasteiger partial charge in [-0.15, -0.1) is 5.10 Å². The average molecular weight is 1010 g/mol. The summed E-state index contributed by atoms with van der Waals surface area (Å²) in [6, 6.07) is 6.50. The van der Waals surface area contributed by atoms with E-state index in [1.807, 2.05) is 77.2 Å². The van der Waals surface area contributed by atoms with E-state index in [9.17, 15) is 35.4 Å². The van der Waals surface area contributed by atoms with Gasteiger partial charge in [0.2, 0.25) is 0 Å². The minimum Gasteiger partial charge on any atom is -0.459 e. The lowest BCUT2D eigenvalue weighted by molar-refractivity contribution is -0.302. The van der Waals surface area contributed by atoms with Gasteiger partial charge in [-0.2, -0.15) is 0 Å². The van der Waals surface area contributed by atoms with Crippen molar-refractivity contribution in [3.63, 3.8) is 0 Å². The van der Waals surface area contributed by atoms with Crippen LogP contribution in [0.3, 0.4) is 0 Å². The Bertz CT molecular complexity index is 1870. The number of nitrogens with zero attached hydrogens (tertiary/aromatic N) is 5. The number of carbonyl (C=O) groups is 1. The fourth-order valence-corrected chi connectivity index (χ4v) is 11.4. The van der Waals surface area contributed by atoms with Gasteiger partial charge in [0.25, 0.3) is 0 Å². The molecule has 1 unspecified atom stereocenters. The van der Waals surface area contributed by atoms with Crippen LogP contribution in [0, 0.1) is 23.7 Å². The van der Waals surface area contributed by atoms with Crippen molar-refractivity contribution < 1.29 is 59.1 Å². The summed E-state index contributed by atoms with van der Waals surface area (Å²) < 4.78 is 34.7. The Morgan fingerprint density at radius 2 is 1.66 bits per heavy atom. The van der Waals surface area contributed by atoms with Crippen LogP contribution in [-0.2, 0) is 41.4 Å². The summed E-state index contributed by atoms with van der Waals surface area (Å²) in [5.74, 6) is -3.14. The summed E-state index contributed by atoms with van der Waals surface area (Å²) in [5.41, 5.74) is -2.96. The van der Waals surface area contributed by atoms with E-state index in [0.717, 1.165) is 15.7 Å². The van der Waals surface area contributed by atoms with Crippen molar-refractivity contribution in [2.24, 2.45) is 23.7 Å². The quantitative estimate of drug-likeness (QED) is 0.166. The molecule has 67 heavy (non-hydrogen) atoms. The van der Waals surface area contributed by atoms with Gasteiger partial charge in [0.1, 0.15) is 30.0 Å². The van der Waals surface area contributed by atoms with Crippen LogP contribution in [0.15, 0.2) is 34.9 Å². The van der Waals surface area contributed by atoms with Crippen LogP contribution >= 0.6 is 15.9 Å². The first-order chi connectivity index (χ1) is 31.2. The topological polar surface area (TPSA) is 222 Å². The fourth-order valence-electron chi connectivity index (χ4n) is 11.2. The lowest BCUT2D eigenvalue weighted by atomic mass is 9.68. The third kappa shape index (κ3) is 13.0. The number of cyclic esters (lactones) is 1. The van der Waals surface area contributed by atoms with E-state index in [4.69, 9.17) is 23.7 Å². The second kappa shape index (κ2) is 22.9. The summed E-state index contributed by atoms with van der Waals surface area (Å²) in [4.78, 5) is 18.6. The normalized spacial score (nSPS) is 41.6. The zero-order valence-electron chi connectivity index (χ0n) is 42.0. The third-order valence-corrected chi connectivity index (χ3v) is 15.9. The molecule has 3 fully saturated rings. The van der Waals surface area contributed by atoms with Crippen LogP contribution in [0.2, 0.25) is 0 Å². The molecule has 3 saturated heterocycles. The van der Waals surface area contributed by atoms with Crippen LogP contribution in [-0.4, -0.2) is 180 Å². The number of hydrogen-bond donors (Lipinski definition) is 6. The van der Waals surface area contributed by atoms with E-state index in [2.05, 4.69) is 31.1 Å². The molecule has 18 heteroatoms. The van der Waals surface area contributed by atoms with Crippen molar-refractivity contribution in [1.82, 2.24) is 24.8 Å². The predicted molar refractivity (Wildman–Crippen MR) is 255 cm³/mol. The van der Waals surface area contributed by atoms with Crippen molar-refractivity contribution in [1.29, 1.82) is 0 Å². The smallest absolute Gasteiger partial charge is 0.309 e. The standard InChI is InChI=1S/C49H82BrN5O12/c1-14-39-49(10,62)42(58)31(6)54(12)24-27(2)22-47(8,61)44(29(4)40(30(5)45(60)66-39)38-23-48(9,63-13)43(59)32(7)65-38)67-46-41(57)36(21-28(3)64-46)53(11)20-19-35-25-55(52-51-35)26-37(56)33-15-17-34(50)18-16-33/h15-18,25,27-32,36-44,46,56-59,61-62H,14,19-24,26H2,1-13H3/t27-,28-,29+,30-,31-,32+,36+,37-,38?,39-,40+,41-,42-,43+,44-,46+,47-,48-,49-/m1/s1. The number of benzene rings is 1. The van der Waals surface area contributed by atoms with Gasteiger partial charge in [-0.1, -0.05) is 61.0 Å². The van der Waals surface area contributed by atoms with Gasteiger partial charge in [0, 0.05) is 61.7 Å². The van der Waals surface area contributed by atoms with Crippen LogP contribution in [0.25, 0.3) is 0 Å². The molecule has 2 aromatic rings. The number of aromatic nitrogens is 3. The first-order valence-corrected chi connectivity index (χ1v) is 25.0. The second-order valence-corrected chi connectivity index (χ2v) is 21.9. The Hall–Kier alpha value is -2.17. The first kappa shape index (κ1) is 55.8. The minimum atomic E-state index is -1.81. The molecule has 6 N–H and O–H groups in total. The van der Waals surface area contributed by atoms with Gasteiger partial charge in [-0.3, -0.25) is 4.79 Å². The van der Waals surface area contributed by atoms with Gasteiger partial charge in [-0.25, -0.2) is 4.68 Å². The van der Waals surface area contributed by atoms with E-state index in [1.165, 1.54) is 14.0 Å². The molecule has 1 aromatic carbocycles. The Labute approximate surface area is 406 Å². The highest BCUT2D eigenvalue weighted by atomic mass is 79.9. The van der Waals surface area contributed by atoms with Crippen molar-refractivity contribution in [2.45, 2.75) is 198 Å². The van der Waals surface area contributed by atoms with Crippen molar-refractivity contribution in [3.8, 4) is 0 Å². The summed E-state index contributed by atoms with van der Waals surface area (Å²) in [7, 11) is 5.31. The highest BCUT2D eigenvalue weighted by Gasteiger charge is 2.55. The molecular formula is C49H82BrN5O12. The number of esters is 1. The predicted octanol–water partition coefficient (Wildman–Crippen LogP) is 3.87. The molecule has 4 heterocycles. The Balaban J connectivity index is 1.46. The molecule has 3 aliphatic heterocycles. The molecule has 17 nitrogen and oxygen atoms in total. The highest BCUT2D eigenvalue weighted by molar-refractivity contribution is 9.10. The van der Waals surface area contributed by atoms with E-state index in [0.29, 0.717) is 25.9 Å². The lowest BCUT2D eigenvalue weighted by Gasteiger charge is -2.51. The molecule has 0 spiro atoms. The summed E-state index contributed by atoms with van der Waals surface area (Å²) >= 11 is 3.43. The molecule has 19 atom stereocenters. The Morgan fingerprint density at radius 1 is 1.00 bits per heavy atom. The number of rotatable bonds is 12.